The normalized spacial score (nSPS) is 12.6. The largest absolute Gasteiger partial charge is 0.371 e. The second kappa shape index (κ2) is 7.17. The number of hydrogen-bond donors (Lipinski definition) is 0. The van der Waals surface area contributed by atoms with Crippen LogP contribution < -0.4 is 0 Å². The predicted molar refractivity (Wildman–Crippen MR) is 84.5 cm³/mol. The van der Waals surface area contributed by atoms with Crippen molar-refractivity contribution in [3.05, 3.63) is 39.1 Å². The van der Waals surface area contributed by atoms with Gasteiger partial charge in [-0.1, -0.05) is 41.4 Å². The molecule has 1 atom stereocenters. The van der Waals surface area contributed by atoms with Crippen LogP contribution in [-0.2, 0) is 4.74 Å². The number of thiazole rings is 1. The van der Waals surface area contributed by atoms with Crippen molar-refractivity contribution in [1.82, 2.24) is 4.98 Å². The minimum atomic E-state index is 0.143. The molecule has 0 N–H and O–H groups in total. The van der Waals surface area contributed by atoms with Crippen LogP contribution in [0.5, 0.6) is 0 Å². The Kier molecular flexibility index (Phi) is 5.55. The van der Waals surface area contributed by atoms with Gasteiger partial charge in [0.05, 0.1) is 5.69 Å². The lowest BCUT2D eigenvalue weighted by molar-refractivity contribution is 0.0555. The van der Waals surface area contributed by atoms with Gasteiger partial charge in [0.15, 0.2) is 0 Å². The summed E-state index contributed by atoms with van der Waals surface area (Å²) in [5.41, 5.74) is 2.19. The summed E-state index contributed by atoms with van der Waals surface area (Å²) in [4.78, 5) is 4.73. The maximum Gasteiger partial charge on any atom is 0.122 e. The number of hydrogen-bond acceptors (Lipinski definition) is 3. The number of nitrogens with zero attached hydrogens (tertiary/aromatic N) is 1. The minimum absolute atomic E-state index is 0.143. The van der Waals surface area contributed by atoms with E-state index in [4.69, 9.17) is 9.72 Å². The van der Waals surface area contributed by atoms with E-state index in [9.17, 15) is 0 Å². The first-order chi connectivity index (χ1) is 9.24. The van der Waals surface area contributed by atoms with Crippen LogP contribution in [-0.4, -0.2) is 11.6 Å². The van der Waals surface area contributed by atoms with Crippen molar-refractivity contribution in [2.45, 2.75) is 32.8 Å². The molecule has 0 amide bonds. The van der Waals surface area contributed by atoms with Crippen molar-refractivity contribution in [3.8, 4) is 11.3 Å². The van der Waals surface area contributed by atoms with Crippen LogP contribution in [0.25, 0.3) is 11.3 Å². The molecular formula is C15H18BrNOS. The summed E-state index contributed by atoms with van der Waals surface area (Å²) in [5, 5.41) is 3.20. The summed E-state index contributed by atoms with van der Waals surface area (Å²) >= 11 is 5.14. The highest BCUT2D eigenvalue weighted by Gasteiger charge is 2.15. The van der Waals surface area contributed by atoms with Gasteiger partial charge in [-0.25, -0.2) is 4.98 Å². The van der Waals surface area contributed by atoms with Gasteiger partial charge in [-0.2, -0.15) is 0 Å². The molecule has 0 aliphatic heterocycles. The van der Waals surface area contributed by atoms with Crippen LogP contribution in [0.1, 0.15) is 37.8 Å². The molecule has 1 aromatic heterocycles. The van der Waals surface area contributed by atoms with Crippen LogP contribution >= 0.6 is 27.3 Å². The lowest BCUT2D eigenvalue weighted by atomic mass is 10.2. The zero-order valence-corrected chi connectivity index (χ0v) is 13.6. The maximum atomic E-state index is 5.78. The Bertz CT molecular complexity index is 503. The first-order valence-electron chi connectivity index (χ1n) is 6.57. The lowest BCUT2D eigenvalue weighted by Gasteiger charge is -2.12. The van der Waals surface area contributed by atoms with Gasteiger partial charge >= 0.3 is 0 Å². The number of ether oxygens (including phenoxy) is 1. The molecule has 2 rings (SSSR count). The summed E-state index contributed by atoms with van der Waals surface area (Å²) in [6.07, 6.45) is 2.28. The van der Waals surface area contributed by atoms with Gasteiger partial charge in [-0.15, -0.1) is 11.3 Å². The summed E-state index contributed by atoms with van der Waals surface area (Å²) in [5.74, 6) is 0. The smallest absolute Gasteiger partial charge is 0.122 e. The summed E-state index contributed by atoms with van der Waals surface area (Å²) in [6, 6.07) is 8.25. The SMILES string of the molecule is CCCC(OCC)c1nc(-c2ccc(Br)cc2)cs1. The van der Waals surface area contributed by atoms with Gasteiger partial charge in [-0.05, 0) is 25.5 Å². The predicted octanol–water partition coefficient (Wildman–Crippen LogP) is 5.45. The molecule has 4 heteroatoms. The van der Waals surface area contributed by atoms with Gasteiger partial charge in [0.25, 0.3) is 0 Å². The summed E-state index contributed by atoms with van der Waals surface area (Å²) in [7, 11) is 0. The van der Waals surface area contributed by atoms with Crippen LogP contribution in [0, 0.1) is 0 Å². The Balaban J connectivity index is 2.19. The number of halogens is 1. The first-order valence-corrected chi connectivity index (χ1v) is 8.24. The van der Waals surface area contributed by atoms with Gasteiger partial charge in [-0.3, -0.25) is 0 Å². The summed E-state index contributed by atoms with van der Waals surface area (Å²) < 4.78 is 6.87. The number of benzene rings is 1. The van der Waals surface area contributed by atoms with Crippen LogP contribution in [0.4, 0.5) is 0 Å². The standard InChI is InChI=1S/C15H18BrNOS/c1-3-5-14(18-4-2)15-17-13(10-19-15)11-6-8-12(16)9-7-11/h6-10,14H,3-5H2,1-2H3. The van der Waals surface area contributed by atoms with E-state index in [1.54, 1.807) is 11.3 Å². The van der Waals surface area contributed by atoms with E-state index in [1.165, 1.54) is 0 Å². The maximum absolute atomic E-state index is 5.78. The summed E-state index contributed by atoms with van der Waals surface area (Å²) in [6.45, 7) is 4.94. The molecule has 1 heterocycles. The zero-order chi connectivity index (χ0) is 13.7. The molecule has 0 aliphatic carbocycles. The Morgan fingerprint density at radius 2 is 2.00 bits per heavy atom. The fraction of sp³-hybridized carbons (Fsp3) is 0.400. The Labute approximate surface area is 127 Å². The average Bonchev–Trinajstić information content (AvgIpc) is 2.89. The lowest BCUT2D eigenvalue weighted by Crippen LogP contribution is -2.03. The van der Waals surface area contributed by atoms with Crippen LogP contribution in [0.3, 0.4) is 0 Å². The van der Waals surface area contributed by atoms with Crippen molar-refractivity contribution in [2.75, 3.05) is 6.61 Å². The third-order valence-corrected chi connectivity index (χ3v) is 4.32. The van der Waals surface area contributed by atoms with Gasteiger partial charge < -0.3 is 4.74 Å². The van der Waals surface area contributed by atoms with E-state index in [0.717, 1.165) is 40.2 Å². The zero-order valence-electron chi connectivity index (χ0n) is 11.2. The number of rotatable bonds is 6. The minimum Gasteiger partial charge on any atom is -0.371 e. The molecule has 0 spiro atoms. The van der Waals surface area contributed by atoms with E-state index in [-0.39, 0.29) is 6.10 Å². The van der Waals surface area contributed by atoms with E-state index >= 15 is 0 Å². The molecular weight excluding hydrogens is 322 g/mol. The average molecular weight is 340 g/mol. The molecule has 2 aromatic rings. The molecule has 0 bridgehead atoms. The quantitative estimate of drug-likeness (QED) is 0.697. The number of aromatic nitrogens is 1. The van der Waals surface area contributed by atoms with Crippen molar-refractivity contribution in [2.24, 2.45) is 0 Å². The molecule has 2 nitrogen and oxygen atoms in total. The molecule has 102 valence electrons. The van der Waals surface area contributed by atoms with Crippen LogP contribution in [0.2, 0.25) is 0 Å². The second-order valence-electron chi connectivity index (χ2n) is 4.31. The molecule has 0 fully saturated rings. The molecule has 1 unspecified atom stereocenters. The topological polar surface area (TPSA) is 22.1 Å². The highest BCUT2D eigenvalue weighted by Crippen LogP contribution is 2.30. The van der Waals surface area contributed by atoms with Gasteiger partial charge in [0.1, 0.15) is 11.1 Å². The van der Waals surface area contributed by atoms with Crippen molar-refractivity contribution >= 4 is 27.3 Å². The molecule has 0 radical (unpaired) electrons. The molecule has 1 aromatic carbocycles. The van der Waals surface area contributed by atoms with E-state index in [1.807, 2.05) is 19.1 Å². The van der Waals surface area contributed by atoms with E-state index in [0.29, 0.717) is 0 Å². The van der Waals surface area contributed by atoms with Crippen LogP contribution in [0.15, 0.2) is 34.1 Å². The van der Waals surface area contributed by atoms with Gasteiger partial charge in [0, 0.05) is 22.0 Å². The highest BCUT2D eigenvalue weighted by atomic mass is 79.9. The Morgan fingerprint density at radius 1 is 1.26 bits per heavy atom. The Morgan fingerprint density at radius 3 is 2.63 bits per heavy atom. The fourth-order valence-corrected chi connectivity index (χ4v) is 3.10. The molecule has 19 heavy (non-hydrogen) atoms. The Hall–Kier alpha value is -0.710. The third kappa shape index (κ3) is 3.88. The fourth-order valence-electron chi connectivity index (χ4n) is 1.93. The first kappa shape index (κ1) is 14.7. The monoisotopic (exact) mass is 339 g/mol. The third-order valence-electron chi connectivity index (χ3n) is 2.86. The second-order valence-corrected chi connectivity index (χ2v) is 6.12. The van der Waals surface area contributed by atoms with E-state index < -0.39 is 0 Å². The van der Waals surface area contributed by atoms with Gasteiger partial charge in [0.2, 0.25) is 0 Å². The van der Waals surface area contributed by atoms with Crippen molar-refractivity contribution < 1.29 is 4.74 Å². The van der Waals surface area contributed by atoms with E-state index in [2.05, 4.69) is 40.4 Å². The molecule has 0 saturated heterocycles. The van der Waals surface area contributed by atoms with Crippen molar-refractivity contribution in [3.63, 3.8) is 0 Å². The van der Waals surface area contributed by atoms with Crippen molar-refractivity contribution in [1.29, 1.82) is 0 Å². The highest BCUT2D eigenvalue weighted by molar-refractivity contribution is 9.10. The molecule has 0 saturated carbocycles. The molecule has 0 aliphatic rings.